The summed E-state index contributed by atoms with van der Waals surface area (Å²) in [6.07, 6.45) is 1.03. The maximum absolute atomic E-state index is 13.1. The van der Waals surface area contributed by atoms with Crippen LogP contribution in [0.2, 0.25) is 0 Å². The molecule has 2 bridgehead atoms. The van der Waals surface area contributed by atoms with Crippen LogP contribution in [0, 0.1) is 0 Å². The number of nitrogens with zero attached hydrogens (tertiary/aromatic N) is 3. The van der Waals surface area contributed by atoms with Crippen LogP contribution >= 0.6 is 0 Å². The molecular weight excluding hydrogens is 635 g/mol. The van der Waals surface area contributed by atoms with Gasteiger partial charge < -0.3 is 19.5 Å². The summed E-state index contributed by atoms with van der Waals surface area (Å²) in [6.45, 7) is 0.418. The summed E-state index contributed by atoms with van der Waals surface area (Å²) in [7, 11) is -3.64. The monoisotopic (exact) mass is 667 g/mol. The van der Waals surface area contributed by atoms with Crippen LogP contribution in [0.3, 0.4) is 0 Å². The normalized spacial score (nSPS) is 22.6. The van der Waals surface area contributed by atoms with Crippen LogP contribution in [-0.4, -0.2) is 54.2 Å². The van der Waals surface area contributed by atoms with E-state index in [1.807, 2.05) is 12.1 Å². The average Bonchev–Trinajstić information content (AvgIpc) is 3.97. The maximum atomic E-state index is 13.1. The molecule has 3 saturated carbocycles. The SMILES string of the molecule is O=C(NS(=O)(=O)C1CC1)c1ccc2nc(N3C4CC(NCc5c(-c6ccccc6OC(F)(F)F)noc5C5CC5)CC3C4)ccc2c1. The van der Waals surface area contributed by atoms with Crippen molar-refractivity contribution in [2.24, 2.45) is 0 Å². The lowest BCUT2D eigenvalue weighted by Crippen LogP contribution is -2.64. The first kappa shape index (κ1) is 30.2. The number of halogens is 3. The molecular formula is C33H32F3N5O5S. The van der Waals surface area contributed by atoms with Crippen LogP contribution in [0.1, 0.15) is 72.5 Å². The first-order valence-electron chi connectivity index (χ1n) is 15.8. The molecule has 3 aliphatic carbocycles. The summed E-state index contributed by atoms with van der Waals surface area (Å²) in [5, 5.41) is 8.12. The summed E-state index contributed by atoms with van der Waals surface area (Å²) < 4.78 is 76.0. The number of para-hydroxylation sites is 1. The van der Waals surface area contributed by atoms with E-state index in [4.69, 9.17) is 9.51 Å². The number of nitrogens with one attached hydrogen (secondary N) is 2. The quantitative estimate of drug-likeness (QED) is 0.216. The van der Waals surface area contributed by atoms with Crippen molar-refractivity contribution in [3.05, 3.63) is 71.5 Å². The van der Waals surface area contributed by atoms with E-state index >= 15 is 0 Å². The van der Waals surface area contributed by atoms with Gasteiger partial charge in [-0.1, -0.05) is 17.3 Å². The number of carbonyl (C=O) groups excluding carboxylic acids is 1. The van der Waals surface area contributed by atoms with E-state index in [0.29, 0.717) is 30.6 Å². The van der Waals surface area contributed by atoms with Gasteiger partial charge in [0.15, 0.2) is 0 Å². The van der Waals surface area contributed by atoms with Gasteiger partial charge in [-0.3, -0.25) is 4.79 Å². The Balaban J connectivity index is 0.944. The van der Waals surface area contributed by atoms with Crippen molar-refractivity contribution < 1.29 is 35.6 Å². The molecule has 2 aliphatic heterocycles. The minimum absolute atomic E-state index is 0.194. The van der Waals surface area contributed by atoms with Gasteiger partial charge >= 0.3 is 6.36 Å². The highest BCUT2D eigenvalue weighted by Gasteiger charge is 2.46. The number of alkyl halides is 3. The number of fused-ring (bicyclic) bond motifs is 3. The topological polar surface area (TPSA) is 127 Å². The maximum Gasteiger partial charge on any atom is 0.573 e. The molecule has 0 radical (unpaired) electrons. The molecule has 5 aliphatic rings. The number of benzene rings is 2. The number of hydrogen-bond donors (Lipinski definition) is 2. The van der Waals surface area contributed by atoms with E-state index in [-0.39, 0.29) is 40.9 Å². The highest BCUT2D eigenvalue weighted by molar-refractivity contribution is 7.91. The number of aromatic nitrogens is 2. The Hall–Kier alpha value is -4.17. The third-order valence-electron chi connectivity index (χ3n) is 9.55. The van der Waals surface area contributed by atoms with Gasteiger partial charge in [0, 0.05) is 52.7 Å². The van der Waals surface area contributed by atoms with Gasteiger partial charge in [-0.2, -0.15) is 0 Å². The Bertz CT molecular complexity index is 1960. The fourth-order valence-corrected chi connectivity index (χ4v) is 8.26. The largest absolute Gasteiger partial charge is 0.573 e. The molecule has 47 heavy (non-hydrogen) atoms. The molecule has 2 aromatic carbocycles. The predicted molar refractivity (Wildman–Crippen MR) is 166 cm³/mol. The average molecular weight is 668 g/mol. The second kappa shape index (κ2) is 11.2. The molecule has 1 amide bonds. The number of pyridine rings is 1. The van der Waals surface area contributed by atoms with Crippen molar-refractivity contribution in [1.29, 1.82) is 0 Å². The molecule has 0 spiro atoms. The number of piperidine rings is 1. The van der Waals surface area contributed by atoms with Crippen LogP contribution in [0.4, 0.5) is 19.0 Å². The van der Waals surface area contributed by atoms with Gasteiger partial charge in [-0.05, 0) is 87.4 Å². The van der Waals surface area contributed by atoms with Crippen LogP contribution in [0.5, 0.6) is 5.75 Å². The highest BCUT2D eigenvalue weighted by Crippen LogP contribution is 2.46. The van der Waals surface area contributed by atoms with E-state index in [2.05, 4.69) is 24.8 Å². The Kier molecular flexibility index (Phi) is 7.21. The third kappa shape index (κ3) is 6.04. The fourth-order valence-electron chi connectivity index (χ4n) is 6.96. The van der Waals surface area contributed by atoms with Crippen LogP contribution < -0.4 is 19.7 Å². The minimum atomic E-state index is -4.83. The molecule has 14 heteroatoms. The lowest BCUT2D eigenvalue weighted by molar-refractivity contribution is -0.274. The van der Waals surface area contributed by atoms with Crippen molar-refractivity contribution in [1.82, 2.24) is 20.2 Å². The molecule has 2 unspecified atom stereocenters. The zero-order valence-electron chi connectivity index (χ0n) is 25.2. The van der Waals surface area contributed by atoms with Crippen LogP contribution in [-0.2, 0) is 16.6 Å². The lowest BCUT2D eigenvalue weighted by atomic mass is 9.76. The second-order valence-corrected chi connectivity index (χ2v) is 14.9. The fraction of sp³-hybridized carbons (Fsp3) is 0.424. The zero-order chi connectivity index (χ0) is 32.5. The van der Waals surface area contributed by atoms with Crippen molar-refractivity contribution in [2.75, 3.05) is 4.90 Å². The first-order valence-corrected chi connectivity index (χ1v) is 17.4. The van der Waals surface area contributed by atoms with Gasteiger partial charge in [-0.25, -0.2) is 18.1 Å². The molecule has 4 heterocycles. The number of carbonyl (C=O) groups is 1. The Labute approximate surface area is 268 Å². The molecule has 246 valence electrons. The smallest absolute Gasteiger partial charge is 0.405 e. The number of sulfonamides is 1. The molecule has 2 saturated heterocycles. The zero-order valence-corrected chi connectivity index (χ0v) is 26.0. The Morgan fingerprint density at radius 1 is 1.00 bits per heavy atom. The summed E-state index contributed by atoms with van der Waals surface area (Å²) in [6, 6.07) is 15.6. The van der Waals surface area contributed by atoms with E-state index in [9.17, 15) is 26.4 Å². The van der Waals surface area contributed by atoms with Crippen LogP contribution in [0.25, 0.3) is 22.2 Å². The van der Waals surface area contributed by atoms with Gasteiger partial charge in [-0.15, -0.1) is 13.2 Å². The molecule has 2 atom stereocenters. The van der Waals surface area contributed by atoms with E-state index in [1.165, 1.54) is 12.1 Å². The predicted octanol–water partition coefficient (Wildman–Crippen LogP) is 5.79. The Morgan fingerprint density at radius 2 is 1.77 bits per heavy atom. The number of anilines is 1. The molecule has 10 nitrogen and oxygen atoms in total. The van der Waals surface area contributed by atoms with Crippen molar-refractivity contribution in [3.8, 4) is 17.0 Å². The number of hydrogen-bond acceptors (Lipinski definition) is 9. The van der Waals surface area contributed by atoms with Gasteiger partial charge in [0.1, 0.15) is 23.0 Å². The van der Waals surface area contributed by atoms with Crippen LogP contribution in [0.15, 0.2) is 59.1 Å². The van der Waals surface area contributed by atoms with E-state index in [1.54, 1.807) is 30.3 Å². The first-order chi connectivity index (χ1) is 22.5. The van der Waals surface area contributed by atoms with Gasteiger partial charge in [0.25, 0.3) is 5.91 Å². The van der Waals surface area contributed by atoms with Gasteiger partial charge in [0.2, 0.25) is 10.0 Å². The van der Waals surface area contributed by atoms with Crippen molar-refractivity contribution in [2.45, 2.75) is 87.1 Å². The van der Waals surface area contributed by atoms with Crippen molar-refractivity contribution in [3.63, 3.8) is 0 Å². The van der Waals surface area contributed by atoms with E-state index in [0.717, 1.165) is 54.6 Å². The lowest BCUT2D eigenvalue weighted by Gasteiger charge is -2.56. The summed E-state index contributed by atoms with van der Waals surface area (Å²) in [4.78, 5) is 19.8. The molecule has 2 aromatic heterocycles. The van der Waals surface area contributed by atoms with Gasteiger partial charge in [0.05, 0.1) is 10.8 Å². The summed E-state index contributed by atoms with van der Waals surface area (Å²) >= 11 is 0. The number of amides is 1. The molecule has 4 aromatic rings. The molecule has 9 rings (SSSR count). The van der Waals surface area contributed by atoms with Crippen molar-refractivity contribution >= 4 is 32.7 Å². The molecule has 5 fully saturated rings. The summed E-state index contributed by atoms with van der Waals surface area (Å²) in [5.74, 6) is 0.849. The highest BCUT2D eigenvalue weighted by atomic mass is 32.2. The standard InChI is InChI=1S/C33H32F3N5O5S/c34-33(35,36)45-28-4-2-1-3-25(28)30-26(31(46-39-30)18-5-6-18)17-37-21-14-22-16-23(15-21)41(22)29-12-8-19-13-20(7-11-27(19)38-29)32(42)40-47(43,44)24-9-10-24/h1-4,7-8,11-13,18,21-24,37H,5-6,9-10,14-17H2,(H,40,42). The summed E-state index contributed by atoms with van der Waals surface area (Å²) in [5.41, 5.74) is 2.37. The molecule has 2 N–H and O–H groups in total. The van der Waals surface area contributed by atoms with E-state index < -0.39 is 27.5 Å². The third-order valence-corrected chi connectivity index (χ3v) is 11.4. The Morgan fingerprint density at radius 3 is 2.49 bits per heavy atom. The number of rotatable bonds is 10. The minimum Gasteiger partial charge on any atom is -0.405 e. The number of ether oxygens (including phenoxy) is 1. The second-order valence-electron chi connectivity index (χ2n) is 12.9.